The summed E-state index contributed by atoms with van der Waals surface area (Å²) in [5.74, 6) is 0.808. The Labute approximate surface area is 105 Å². The molecule has 1 aromatic carbocycles. The number of aliphatic hydroxyl groups excluding tert-OH is 1. The standard InChI is InChI=1S/C14H15N3O/c1-9-3-4-11-10(2)8-14-16-15-13(5-6-18)17(14)12(11)7-9/h3-4,7-8,18H,5-6H2,1-2H3. The molecule has 4 heteroatoms. The van der Waals surface area contributed by atoms with E-state index < -0.39 is 0 Å². The molecule has 0 fully saturated rings. The van der Waals surface area contributed by atoms with Crippen LogP contribution in [-0.2, 0) is 6.42 Å². The van der Waals surface area contributed by atoms with Crippen molar-refractivity contribution < 1.29 is 5.11 Å². The van der Waals surface area contributed by atoms with Crippen LogP contribution in [0, 0.1) is 13.8 Å². The van der Waals surface area contributed by atoms with Crippen molar-refractivity contribution in [2.75, 3.05) is 6.61 Å². The molecular formula is C14H15N3O. The minimum absolute atomic E-state index is 0.0853. The van der Waals surface area contributed by atoms with Crippen molar-refractivity contribution in [1.29, 1.82) is 0 Å². The number of fused-ring (bicyclic) bond motifs is 3. The molecule has 0 radical (unpaired) electrons. The van der Waals surface area contributed by atoms with E-state index >= 15 is 0 Å². The molecule has 0 amide bonds. The van der Waals surface area contributed by atoms with Gasteiger partial charge in [-0.1, -0.05) is 12.1 Å². The first-order valence-electron chi connectivity index (χ1n) is 6.05. The summed E-state index contributed by atoms with van der Waals surface area (Å²) in [6, 6.07) is 8.41. The van der Waals surface area contributed by atoms with Gasteiger partial charge in [0.25, 0.3) is 0 Å². The highest BCUT2D eigenvalue weighted by Gasteiger charge is 2.10. The second-order valence-corrected chi connectivity index (χ2v) is 4.63. The van der Waals surface area contributed by atoms with Crippen LogP contribution >= 0.6 is 0 Å². The van der Waals surface area contributed by atoms with Crippen molar-refractivity contribution in [3.8, 4) is 0 Å². The third-order valence-corrected chi connectivity index (χ3v) is 3.26. The number of benzene rings is 1. The largest absolute Gasteiger partial charge is 0.396 e. The summed E-state index contributed by atoms with van der Waals surface area (Å²) in [7, 11) is 0. The van der Waals surface area contributed by atoms with E-state index in [0.29, 0.717) is 6.42 Å². The minimum atomic E-state index is 0.0853. The van der Waals surface area contributed by atoms with Crippen LogP contribution in [0.2, 0.25) is 0 Å². The highest BCUT2D eigenvalue weighted by atomic mass is 16.3. The molecule has 1 N–H and O–H groups in total. The van der Waals surface area contributed by atoms with E-state index in [2.05, 4.69) is 42.2 Å². The Kier molecular flexibility index (Phi) is 2.52. The van der Waals surface area contributed by atoms with E-state index in [1.165, 1.54) is 16.5 Å². The molecule has 0 saturated carbocycles. The van der Waals surface area contributed by atoms with Gasteiger partial charge in [-0.25, -0.2) is 0 Å². The number of aliphatic hydroxyl groups is 1. The van der Waals surface area contributed by atoms with E-state index in [1.807, 2.05) is 10.5 Å². The Morgan fingerprint density at radius 3 is 2.78 bits per heavy atom. The molecule has 0 aliphatic heterocycles. The fraction of sp³-hybridized carbons (Fsp3) is 0.286. The summed E-state index contributed by atoms with van der Waals surface area (Å²) in [5.41, 5.74) is 4.35. The van der Waals surface area contributed by atoms with Gasteiger partial charge in [0.05, 0.1) is 12.1 Å². The molecule has 0 aliphatic rings. The van der Waals surface area contributed by atoms with Crippen LogP contribution in [0.3, 0.4) is 0 Å². The summed E-state index contributed by atoms with van der Waals surface area (Å²) >= 11 is 0. The smallest absolute Gasteiger partial charge is 0.161 e. The summed E-state index contributed by atoms with van der Waals surface area (Å²) in [5, 5.41) is 18.6. The van der Waals surface area contributed by atoms with Gasteiger partial charge in [-0.15, -0.1) is 10.2 Å². The Morgan fingerprint density at radius 2 is 2.00 bits per heavy atom. The Morgan fingerprint density at radius 1 is 1.17 bits per heavy atom. The molecule has 0 spiro atoms. The van der Waals surface area contributed by atoms with Crippen molar-refractivity contribution >= 4 is 16.6 Å². The van der Waals surface area contributed by atoms with Gasteiger partial charge in [0, 0.05) is 11.8 Å². The maximum atomic E-state index is 9.10. The summed E-state index contributed by atoms with van der Waals surface area (Å²) in [6.07, 6.45) is 0.521. The van der Waals surface area contributed by atoms with Crippen LogP contribution in [0.25, 0.3) is 16.6 Å². The van der Waals surface area contributed by atoms with Crippen LogP contribution in [0.5, 0.6) is 0 Å². The van der Waals surface area contributed by atoms with E-state index in [9.17, 15) is 0 Å². The van der Waals surface area contributed by atoms with Crippen molar-refractivity contribution in [1.82, 2.24) is 14.6 Å². The van der Waals surface area contributed by atoms with Crippen molar-refractivity contribution in [3.63, 3.8) is 0 Å². The first kappa shape index (κ1) is 11.2. The molecule has 92 valence electrons. The number of pyridine rings is 1. The highest BCUT2D eigenvalue weighted by molar-refractivity contribution is 5.86. The lowest BCUT2D eigenvalue weighted by Gasteiger charge is -2.08. The zero-order chi connectivity index (χ0) is 12.7. The van der Waals surface area contributed by atoms with Gasteiger partial charge in [-0.05, 0) is 37.1 Å². The van der Waals surface area contributed by atoms with Crippen LogP contribution in [0.4, 0.5) is 0 Å². The zero-order valence-electron chi connectivity index (χ0n) is 10.5. The quantitative estimate of drug-likeness (QED) is 0.747. The molecule has 0 atom stereocenters. The first-order chi connectivity index (χ1) is 8.70. The molecule has 0 saturated heterocycles. The molecule has 3 rings (SSSR count). The number of aromatic nitrogens is 3. The highest BCUT2D eigenvalue weighted by Crippen LogP contribution is 2.23. The van der Waals surface area contributed by atoms with Gasteiger partial charge in [0.1, 0.15) is 5.82 Å². The predicted octanol–water partition coefficient (Wildman–Crippen LogP) is 2.03. The molecule has 18 heavy (non-hydrogen) atoms. The monoisotopic (exact) mass is 241 g/mol. The lowest BCUT2D eigenvalue weighted by atomic mass is 10.1. The van der Waals surface area contributed by atoms with Crippen LogP contribution in [0.15, 0.2) is 24.3 Å². The summed E-state index contributed by atoms with van der Waals surface area (Å²) in [6.45, 7) is 4.24. The third-order valence-electron chi connectivity index (χ3n) is 3.26. The SMILES string of the molecule is Cc1ccc2c(C)cc3nnc(CCO)n3c2c1. The fourth-order valence-electron chi connectivity index (χ4n) is 2.38. The third kappa shape index (κ3) is 1.57. The molecular weight excluding hydrogens is 226 g/mol. The van der Waals surface area contributed by atoms with Crippen LogP contribution < -0.4 is 0 Å². The molecule has 4 nitrogen and oxygen atoms in total. The van der Waals surface area contributed by atoms with Gasteiger partial charge in [-0.3, -0.25) is 4.40 Å². The Bertz CT molecular complexity index is 731. The van der Waals surface area contributed by atoms with Gasteiger partial charge in [-0.2, -0.15) is 0 Å². The van der Waals surface area contributed by atoms with Gasteiger partial charge in [0.2, 0.25) is 0 Å². The van der Waals surface area contributed by atoms with E-state index in [1.54, 1.807) is 0 Å². The van der Waals surface area contributed by atoms with Crippen LogP contribution in [-0.4, -0.2) is 26.3 Å². The average molecular weight is 241 g/mol. The van der Waals surface area contributed by atoms with E-state index in [-0.39, 0.29) is 6.61 Å². The van der Waals surface area contributed by atoms with Crippen molar-refractivity contribution in [3.05, 3.63) is 41.2 Å². The normalized spacial score (nSPS) is 11.5. The first-order valence-corrected chi connectivity index (χ1v) is 6.05. The molecule has 0 unspecified atom stereocenters. The molecule has 3 aromatic rings. The average Bonchev–Trinajstić information content (AvgIpc) is 2.73. The van der Waals surface area contributed by atoms with Gasteiger partial charge in [0.15, 0.2) is 5.65 Å². The number of rotatable bonds is 2. The van der Waals surface area contributed by atoms with E-state index in [4.69, 9.17) is 5.11 Å². The number of nitrogens with zero attached hydrogens (tertiary/aromatic N) is 3. The van der Waals surface area contributed by atoms with Crippen molar-refractivity contribution in [2.45, 2.75) is 20.3 Å². The van der Waals surface area contributed by atoms with Crippen LogP contribution in [0.1, 0.15) is 17.0 Å². The molecule has 0 bridgehead atoms. The lowest BCUT2D eigenvalue weighted by molar-refractivity contribution is 0.296. The van der Waals surface area contributed by atoms with E-state index in [0.717, 1.165) is 17.0 Å². The molecule has 2 aromatic heterocycles. The maximum Gasteiger partial charge on any atom is 0.161 e. The molecule has 0 aliphatic carbocycles. The lowest BCUT2D eigenvalue weighted by Crippen LogP contribution is -2.00. The fourth-order valence-corrected chi connectivity index (χ4v) is 2.38. The Balaban J connectivity index is 2.47. The minimum Gasteiger partial charge on any atom is -0.396 e. The topological polar surface area (TPSA) is 50.4 Å². The zero-order valence-corrected chi connectivity index (χ0v) is 10.5. The number of hydrogen-bond donors (Lipinski definition) is 1. The van der Waals surface area contributed by atoms with Crippen molar-refractivity contribution in [2.24, 2.45) is 0 Å². The second-order valence-electron chi connectivity index (χ2n) is 4.63. The summed E-state index contributed by atoms with van der Waals surface area (Å²) in [4.78, 5) is 0. The number of aryl methyl sites for hydroxylation is 2. The maximum absolute atomic E-state index is 9.10. The summed E-state index contributed by atoms with van der Waals surface area (Å²) < 4.78 is 2.03. The predicted molar refractivity (Wildman–Crippen MR) is 70.8 cm³/mol. The molecule has 2 heterocycles. The van der Waals surface area contributed by atoms with Gasteiger partial charge >= 0.3 is 0 Å². The number of hydrogen-bond acceptors (Lipinski definition) is 3. The Hall–Kier alpha value is -1.94. The second kappa shape index (κ2) is 4.07. The van der Waals surface area contributed by atoms with Gasteiger partial charge < -0.3 is 5.11 Å².